The number of ether oxygens (including phenoxy) is 3. The summed E-state index contributed by atoms with van der Waals surface area (Å²) in [6.07, 6.45) is 2.03. The molecule has 1 saturated carbocycles. The summed E-state index contributed by atoms with van der Waals surface area (Å²) >= 11 is 0. The highest BCUT2D eigenvalue weighted by molar-refractivity contribution is 6.02. The molecule has 45 heavy (non-hydrogen) atoms. The number of benzene rings is 1. The smallest absolute Gasteiger partial charge is 0.316 e. The molecule has 2 aliphatic heterocycles. The number of carbonyl (C=O) groups is 3. The number of furan rings is 1. The number of esters is 2. The van der Waals surface area contributed by atoms with Gasteiger partial charge in [0, 0.05) is 34.8 Å². The van der Waals surface area contributed by atoms with Gasteiger partial charge in [0.05, 0.1) is 42.5 Å². The van der Waals surface area contributed by atoms with Crippen molar-refractivity contribution in [1.29, 1.82) is 0 Å². The Labute approximate surface area is 259 Å². The van der Waals surface area contributed by atoms with Crippen molar-refractivity contribution in [2.24, 2.45) is 28.1 Å². The number of non-ortho nitro benzene ring substituents is 1. The lowest BCUT2D eigenvalue weighted by Gasteiger charge is -2.60. The number of fused-ring (bicyclic) bond motifs is 4. The van der Waals surface area contributed by atoms with Crippen LogP contribution in [0.3, 0.4) is 0 Å². The van der Waals surface area contributed by atoms with Crippen LogP contribution in [-0.4, -0.2) is 53.2 Å². The molecule has 1 N–H and O–H groups in total. The van der Waals surface area contributed by atoms with Gasteiger partial charge in [0.15, 0.2) is 5.78 Å². The molecule has 0 spiro atoms. The van der Waals surface area contributed by atoms with Gasteiger partial charge in [-0.15, -0.1) is 0 Å². The maximum atomic E-state index is 14.6. The minimum atomic E-state index is -1.45. The first-order chi connectivity index (χ1) is 21.3. The molecule has 3 fully saturated rings. The predicted molar refractivity (Wildman–Crippen MR) is 156 cm³/mol. The molecule has 0 bridgehead atoms. The van der Waals surface area contributed by atoms with Gasteiger partial charge in [-0.05, 0) is 72.7 Å². The molecule has 236 valence electrons. The molecule has 3 heterocycles. The predicted octanol–water partition coefficient (Wildman–Crippen LogP) is 4.76. The van der Waals surface area contributed by atoms with Gasteiger partial charge in [0.25, 0.3) is 5.69 Å². The molecule has 11 nitrogen and oxygen atoms in total. The third kappa shape index (κ3) is 3.68. The Morgan fingerprint density at radius 1 is 1.16 bits per heavy atom. The van der Waals surface area contributed by atoms with Crippen LogP contribution in [0.15, 0.2) is 70.1 Å². The van der Waals surface area contributed by atoms with E-state index in [1.807, 2.05) is 13.0 Å². The summed E-state index contributed by atoms with van der Waals surface area (Å²) in [7, 11) is 1.31. The van der Waals surface area contributed by atoms with Crippen LogP contribution in [0.2, 0.25) is 0 Å². The third-order valence-electron chi connectivity index (χ3n) is 11.9. The van der Waals surface area contributed by atoms with E-state index in [2.05, 4.69) is 6.92 Å². The van der Waals surface area contributed by atoms with Gasteiger partial charge in [-0.1, -0.05) is 19.4 Å². The summed E-state index contributed by atoms with van der Waals surface area (Å²) in [5.41, 5.74) is -0.161. The Morgan fingerprint density at radius 2 is 1.87 bits per heavy atom. The number of allylic oxidation sites excluding steroid dienone is 2. The van der Waals surface area contributed by atoms with Gasteiger partial charge >= 0.3 is 11.9 Å². The molecule has 3 aliphatic carbocycles. The number of ketones is 1. The van der Waals surface area contributed by atoms with E-state index in [1.165, 1.54) is 37.5 Å². The van der Waals surface area contributed by atoms with E-state index < -0.39 is 63.3 Å². The topological polar surface area (TPSA) is 155 Å². The van der Waals surface area contributed by atoms with Gasteiger partial charge in [-0.3, -0.25) is 24.5 Å². The zero-order valence-electron chi connectivity index (χ0n) is 25.6. The Balaban J connectivity index is 1.39. The van der Waals surface area contributed by atoms with Crippen LogP contribution in [-0.2, 0) is 28.6 Å². The van der Waals surface area contributed by atoms with Crippen LogP contribution >= 0.6 is 0 Å². The zero-order chi connectivity index (χ0) is 32.2. The molecule has 5 aliphatic rings. The molecule has 3 unspecified atom stereocenters. The van der Waals surface area contributed by atoms with E-state index in [9.17, 15) is 29.6 Å². The van der Waals surface area contributed by atoms with Crippen LogP contribution in [0.4, 0.5) is 5.69 Å². The highest BCUT2D eigenvalue weighted by Gasteiger charge is 2.79. The monoisotopic (exact) mass is 617 g/mol. The second kappa shape index (κ2) is 9.70. The van der Waals surface area contributed by atoms with Crippen molar-refractivity contribution in [3.8, 4) is 0 Å². The van der Waals surface area contributed by atoms with Crippen LogP contribution in [0.5, 0.6) is 0 Å². The summed E-state index contributed by atoms with van der Waals surface area (Å²) in [6, 6.07) is 7.28. The maximum Gasteiger partial charge on any atom is 0.316 e. The lowest BCUT2D eigenvalue weighted by Crippen LogP contribution is -2.67. The average Bonchev–Trinajstić information content (AvgIpc) is 3.77. The molecule has 10 atom stereocenters. The fourth-order valence-corrected chi connectivity index (χ4v) is 9.83. The van der Waals surface area contributed by atoms with Crippen molar-refractivity contribution in [1.82, 2.24) is 0 Å². The number of methoxy groups -OCH3 is 1. The minimum absolute atomic E-state index is 0.0348. The van der Waals surface area contributed by atoms with Crippen molar-refractivity contribution >= 4 is 23.4 Å². The molecule has 2 saturated heterocycles. The number of nitro groups is 1. The number of aliphatic hydroxyl groups is 1. The highest BCUT2D eigenvalue weighted by atomic mass is 16.6. The highest BCUT2D eigenvalue weighted by Crippen LogP contribution is 2.73. The van der Waals surface area contributed by atoms with Crippen LogP contribution in [0.1, 0.15) is 63.7 Å². The molecule has 7 rings (SSSR count). The molecule has 1 aromatic carbocycles. The lowest BCUT2D eigenvalue weighted by atomic mass is 9.40. The molecule has 2 aromatic rings. The number of rotatable bonds is 6. The normalized spacial score (nSPS) is 38.7. The van der Waals surface area contributed by atoms with Gasteiger partial charge in [-0.25, -0.2) is 0 Å². The first-order valence-corrected chi connectivity index (χ1v) is 15.1. The SMILES string of the molecule is COC(=O)C[C@H]1[C@]2(C)C3=C(C)[C@H](c4ccoc4)C[C@@H]3O[C@@H]2C2OC(=O)[C@]3(C)C(C(O)c4ccc([N+](=O)[O-])cc4)=CC(=O)[C@@]1(C)C23. The van der Waals surface area contributed by atoms with Gasteiger partial charge in [-0.2, -0.15) is 0 Å². The standard InChI is InChI=1S/C34H35NO10/c1-16-20(18-10-11-43-15-18)12-22-26(16)34(4)23(14-25(37)42-5)33(3)24(36)13-21(27(38)17-6-8-19(9-7-17)35(40)41)32(2)29(33)28(30(34)44-22)45-31(32)39/h6-11,13,15,20,22-23,27-30,38H,12,14H2,1-5H3/t20-,22+,23-,27?,28?,29?,30-,32-,33+,34-/m1/s1. The Bertz CT molecular complexity index is 1690. The average molecular weight is 618 g/mol. The number of hydrogen-bond donors (Lipinski definition) is 1. The maximum absolute atomic E-state index is 14.6. The molecule has 1 aromatic heterocycles. The first-order valence-electron chi connectivity index (χ1n) is 15.1. The molecular weight excluding hydrogens is 582 g/mol. The summed E-state index contributed by atoms with van der Waals surface area (Å²) in [5.74, 6) is -2.76. The molecular formula is C34H35NO10. The van der Waals surface area contributed by atoms with Crippen molar-refractivity contribution in [2.45, 2.75) is 70.9 Å². The quantitative estimate of drug-likeness (QED) is 0.208. The number of nitrogens with zero attached hydrogens (tertiary/aromatic N) is 1. The third-order valence-corrected chi connectivity index (χ3v) is 11.9. The summed E-state index contributed by atoms with van der Waals surface area (Å²) in [5, 5.41) is 22.8. The molecule has 0 radical (unpaired) electrons. The number of aliphatic hydroxyl groups excluding tert-OH is 1. The molecule has 0 amide bonds. The minimum Gasteiger partial charge on any atom is -0.472 e. The van der Waals surface area contributed by atoms with Crippen LogP contribution in [0.25, 0.3) is 0 Å². The Kier molecular flexibility index (Phi) is 6.39. The van der Waals surface area contributed by atoms with E-state index >= 15 is 0 Å². The lowest BCUT2D eigenvalue weighted by molar-refractivity contribution is -0.384. The van der Waals surface area contributed by atoms with E-state index in [1.54, 1.807) is 26.4 Å². The Hall–Kier alpha value is -4.09. The molecule has 11 heteroatoms. The van der Waals surface area contributed by atoms with Gasteiger partial charge < -0.3 is 23.7 Å². The summed E-state index contributed by atoms with van der Waals surface area (Å²) < 4.78 is 23.6. The fraction of sp³-hybridized carbons (Fsp3) is 0.500. The fourth-order valence-electron chi connectivity index (χ4n) is 9.83. The second-order valence-corrected chi connectivity index (χ2v) is 13.7. The Morgan fingerprint density at radius 3 is 2.49 bits per heavy atom. The van der Waals surface area contributed by atoms with Crippen molar-refractivity contribution in [3.63, 3.8) is 0 Å². The van der Waals surface area contributed by atoms with Crippen molar-refractivity contribution in [2.75, 3.05) is 7.11 Å². The van der Waals surface area contributed by atoms with E-state index in [0.29, 0.717) is 12.0 Å². The second-order valence-electron chi connectivity index (χ2n) is 13.7. The largest absolute Gasteiger partial charge is 0.472 e. The van der Waals surface area contributed by atoms with Gasteiger partial charge in [0.2, 0.25) is 0 Å². The van der Waals surface area contributed by atoms with Crippen LogP contribution < -0.4 is 0 Å². The van der Waals surface area contributed by atoms with Gasteiger partial charge in [0.1, 0.15) is 18.3 Å². The number of hydrogen-bond acceptors (Lipinski definition) is 10. The zero-order valence-corrected chi connectivity index (χ0v) is 25.6. The van der Waals surface area contributed by atoms with Crippen molar-refractivity contribution in [3.05, 3.63) is 86.9 Å². The van der Waals surface area contributed by atoms with E-state index in [-0.39, 0.29) is 35.5 Å². The van der Waals surface area contributed by atoms with Crippen LogP contribution in [0, 0.1) is 38.2 Å². The summed E-state index contributed by atoms with van der Waals surface area (Å²) in [6.45, 7) is 7.56. The summed E-state index contributed by atoms with van der Waals surface area (Å²) in [4.78, 5) is 52.4. The van der Waals surface area contributed by atoms with E-state index in [0.717, 1.165) is 16.7 Å². The number of nitro benzene ring substituents is 1. The van der Waals surface area contributed by atoms with E-state index in [4.69, 9.17) is 18.6 Å². The van der Waals surface area contributed by atoms with Crippen molar-refractivity contribution < 1.29 is 43.0 Å². The first kappa shape index (κ1) is 29.6. The number of carbonyl (C=O) groups excluding carboxylic acids is 3.